The SMILES string of the molecule is Cc1ccc(Cl)c(OCC(=O)OC(C)(C)C)c1. The minimum Gasteiger partial charge on any atom is -0.480 e. The van der Waals surface area contributed by atoms with Gasteiger partial charge in [0.25, 0.3) is 0 Å². The summed E-state index contributed by atoms with van der Waals surface area (Å²) in [5.74, 6) is 0.0904. The first-order chi connectivity index (χ1) is 7.78. The van der Waals surface area contributed by atoms with E-state index >= 15 is 0 Å². The number of ether oxygens (including phenoxy) is 2. The first kappa shape index (κ1) is 13.8. The molecule has 1 aromatic rings. The van der Waals surface area contributed by atoms with E-state index in [1.165, 1.54) is 0 Å². The molecule has 0 fully saturated rings. The third kappa shape index (κ3) is 5.09. The highest BCUT2D eigenvalue weighted by Crippen LogP contribution is 2.25. The maximum absolute atomic E-state index is 11.4. The lowest BCUT2D eigenvalue weighted by atomic mass is 10.2. The van der Waals surface area contributed by atoms with Crippen LogP contribution < -0.4 is 4.74 Å². The van der Waals surface area contributed by atoms with Crippen molar-refractivity contribution in [3.8, 4) is 5.75 Å². The highest BCUT2D eigenvalue weighted by atomic mass is 35.5. The Labute approximate surface area is 107 Å². The largest absolute Gasteiger partial charge is 0.480 e. The van der Waals surface area contributed by atoms with Crippen molar-refractivity contribution in [3.63, 3.8) is 0 Å². The summed E-state index contributed by atoms with van der Waals surface area (Å²) in [6.07, 6.45) is 0. The van der Waals surface area contributed by atoms with E-state index in [1.54, 1.807) is 12.1 Å². The van der Waals surface area contributed by atoms with E-state index in [2.05, 4.69) is 0 Å². The van der Waals surface area contributed by atoms with Gasteiger partial charge in [0, 0.05) is 0 Å². The Bertz CT molecular complexity index is 408. The summed E-state index contributed by atoms with van der Waals surface area (Å²) in [7, 11) is 0. The van der Waals surface area contributed by atoms with E-state index in [0.717, 1.165) is 5.56 Å². The number of rotatable bonds is 3. The number of hydrogen-bond acceptors (Lipinski definition) is 3. The summed E-state index contributed by atoms with van der Waals surface area (Å²) in [4.78, 5) is 11.4. The minimum absolute atomic E-state index is 0.138. The Morgan fingerprint density at radius 3 is 2.59 bits per heavy atom. The molecule has 0 amide bonds. The standard InChI is InChI=1S/C13H17ClO3/c1-9-5-6-10(14)11(7-9)16-8-12(15)17-13(2,3)4/h5-7H,8H2,1-4H3. The molecule has 0 bridgehead atoms. The van der Waals surface area contributed by atoms with Crippen LogP contribution in [0, 0.1) is 6.92 Å². The number of carbonyl (C=O) groups is 1. The molecule has 1 aromatic carbocycles. The summed E-state index contributed by atoms with van der Waals surface area (Å²) < 4.78 is 10.4. The van der Waals surface area contributed by atoms with Gasteiger partial charge in [-0.15, -0.1) is 0 Å². The van der Waals surface area contributed by atoms with Crippen LogP contribution in [-0.4, -0.2) is 18.2 Å². The molecule has 3 nitrogen and oxygen atoms in total. The fourth-order valence-corrected chi connectivity index (χ4v) is 1.40. The Morgan fingerprint density at radius 1 is 1.35 bits per heavy atom. The number of carbonyl (C=O) groups excluding carboxylic acids is 1. The van der Waals surface area contributed by atoms with Gasteiger partial charge in [-0.05, 0) is 45.4 Å². The molecular weight excluding hydrogens is 240 g/mol. The summed E-state index contributed by atoms with van der Waals surface area (Å²) in [5, 5.41) is 0.485. The molecule has 0 aliphatic heterocycles. The van der Waals surface area contributed by atoms with Gasteiger partial charge in [-0.3, -0.25) is 0 Å². The van der Waals surface area contributed by atoms with E-state index in [1.807, 2.05) is 33.8 Å². The second kappa shape index (κ2) is 5.41. The van der Waals surface area contributed by atoms with E-state index in [9.17, 15) is 4.79 Å². The van der Waals surface area contributed by atoms with Gasteiger partial charge in [0.15, 0.2) is 6.61 Å². The van der Waals surface area contributed by atoms with E-state index in [4.69, 9.17) is 21.1 Å². The molecule has 0 atom stereocenters. The minimum atomic E-state index is -0.503. The monoisotopic (exact) mass is 256 g/mol. The fraction of sp³-hybridized carbons (Fsp3) is 0.462. The predicted molar refractivity (Wildman–Crippen MR) is 67.5 cm³/mol. The molecule has 1 rings (SSSR count). The molecule has 94 valence electrons. The van der Waals surface area contributed by atoms with Gasteiger partial charge in [0.2, 0.25) is 0 Å². The van der Waals surface area contributed by atoms with Crippen LogP contribution in [0.5, 0.6) is 5.75 Å². The van der Waals surface area contributed by atoms with Crippen molar-refractivity contribution in [2.45, 2.75) is 33.3 Å². The van der Waals surface area contributed by atoms with Crippen LogP contribution in [0.2, 0.25) is 5.02 Å². The third-order valence-electron chi connectivity index (χ3n) is 1.85. The van der Waals surface area contributed by atoms with Gasteiger partial charge in [0.05, 0.1) is 5.02 Å². The number of benzene rings is 1. The molecule has 17 heavy (non-hydrogen) atoms. The Kier molecular flexibility index (Phi) is 4.40. The van der Waals surface area contributed by atoms with Crippen LogP contribution in [0.4, 0.5) is 0 Å². The molecular formula is C13H17ClO3. The van der Waals surface area contributed by atoms with Crippen LogP contribution in [-0.2, 0) is 9.53 Å². The Balaban J connectivity index is 2.56. The average Bonchev–Trinajstić information content (AvgIpc) is 2.17. The summed E-state index contributed by atoms with van der Waals surface area (Å²) in [5.41, 5.74) is 0.519. The zero-order valence-electron chi connectivity index (χ0n) is 10.5. The molecule has 0 aliphatic carbocycles. The highest BCUT2D eigenvalue weighted by molar-refractivity contribution is 6.32. The van der Waals surface area contributed by atoms with Crippen LogP contribution in [0.25, 0.3) is 0 Å². The Hall–Kier alpha value is -1.22. The topological polar surface area (TPSA) is 35.5 Å². The molecule has 0 aromatic heterocycles. The van der Waals surface area contributed by atoms with Gasteiger partial charge in [0.1, 0.15) is 11.4 Å². The molecule has 0 heterocycles. The second-order valence-corrected chi connectivity index (χ2v) is 5.22. The molecule has 0 spiro atoms. The van der Waals surface area contributed by atoms with Crippen molar-refractivity contribution in [1.29, 1.82) is 0 Å². The highest BCUT2D eigenvalue weighted by Gasteiger charge is 2.16. The van der Waals surface area contributed by atoms with Crippen LogP contribution >= 0.6 is 11.6 Å². The van der Waals surface area contributed by atoms with Crippen molar-refractivity contribution in [1.82, 2.24) is 0 Å². The zero-order valence-corrected chi connectivity index (χ0v) is 11.3. The quantitative estimate of drug-likeness (QED) is 0.778. The number of esters is 1. The van der Waals surface area contributed by atoms with Crippen LogP contribution in [0.3, 0.4) is 0 Å². The summed E-state index contributed by atoms with van der Waals surface area (Å²) in [6.45, 7) is 7.22. The van der Waals surface area contributed by atoms with E-state index in [-0.39, 0.29) is 6.61 Å². The fourth-order valence-electron chi connectivity index (χ4n) is 1.23. The number of halogens is 1. The van der Waals surface area contributed by atoms with Crippen molar-refractivity contribution >= 4 is 17.6 Å². The molecule has 0 saturated heterocycles. The molecule has 4 heteroatoms. The smallest absolute Gasteiger partial charge is 0.344 e. The molecule has 0 unspecified atom stereocenters. The zero-order chi connectivity index (χ0) is 13.1. The first-order valence-electron chi connectivity index (χ1n) is 5.39. The molecule has 0 N–H and O–H groups in total. The van der Waals surface area contributed by atoms with E-state index < -0.39 is 11.6 Å². The van der Waals surface area contributed by atoms with Gasteiger partial charge in [-0.2, -0.15) is 0 Å². The van der Waals surface area contributed by atoms with Gasteiger partial charge >= 0.3 is 5.97 Å². The number of hydrogen-bond donors (Lipinski definition) is 0. The maximum atomic E-state index is 11.4. The van der Waals surface area contributed by atoms with Crippen molar-refractivity contribution < 1.29 is 14.3 Å². The second-order valence-electron chi connectivity index (χ2n) is 4.81. The van der Waals surface area contributed by atoms with Gasteiger partial charge < -0.3 is 9.47 Å². The Morgan fingerprint density at radius 2 is 2.00 bits per heavy atom. The first-order valence-corrected chi connectivity index (χ1v) is 5.76. The molecule has 0 aliphatic rings. The average molecular weight is 257 g/mol. The van der Waals surface area contributed by atoms with Crippen LogP contribution in [0.1, 0.15) is 26.3 Å². The summed E-state index contributed by atoms with van der Waals surface area (Å²) >= 11 is 5.94. The van der Waals surface area contributed by atoms with Crippen molar-refractivity contribution in [3.05, 3.63) is 28.8 Å². The predicted octanol–water partition coefficient (Wildman–Crippen LogP) is 3.37. The third-order valence-corrected chi connectivity index (χ3v) is 2.16. The molecule has 0 radical (unpaired) electrons. The maximum Gasteiger partial charge on any atom is 0.344 e. The lowest BCUT2D eigenvalue weighted by Gasteiger charge is -2.19. The lowest BCUT2D eigenvalue weighted by molar-refractivity contribution is -0.157. The van der Waals surface area contributed by atoms with Crippen molar-refractivity contribution in [2.24, 2.45) is 0 Å². The van der Waals surface area contributed by atoms with E-state index in [0.29, 0.717) is 10.8 Å². The summed E-state index contributed by atoms with van der Waals surface area (Å²) in [6, 6.07) is 5.40. The number of aryl methyl sites for hydroxylation is 1. The van der Waals surface area contributed by atoms with Gasteiger partial charge in [-0.1, -0.05) is 17.7 Å². The van der Waals surface area contributed by atoms with Crippen LogP contribution in [0.15, 0.2) is 18.2 Å². The lowest BCUT2D eigenvalue weighted by Crippen LogP contribution is -2.27. The van der Waals surface area contributed by atoms with Gasteiger partial charge in [-0.25, -0.2) is 4.79 Å². The normalized spacial score (nSPS) is 11.1. The molecule has 0 saturated carbocycles. The van der Waals surface area contributed by atoms with Crippen molar-refractivity contribution in [2.75, 3.05) is 6.61 Å².